The van der Waals surface area contributed by atoms with Crippen molar-refractivity contribution in [2.24, 2.45) is 0 Å². The second-order valence-electron chi connectivity index (χ2n) is 5.13. The van der Waals surface area contributed by atoms with Gasteiger partial charge < -0.3 is 0 Å². The Bertz CT molecular complexity index is 741. The van der Waals surface area contributed by atoms with E-state index >= 15 is 0 Å². The van der Waals surface area contributed by atoms with Gasteiger partial charge in [0.2, 0.25) is 0 Å². The molecule has 22 heavy (non-hydrogen) atoms. The molecule has 108 valence electrons. The second kappa shape index (κ2) is 7.81. The van der Waals surface area contributed by atoms with Gasteiger partial charge in [-0.15, -0.1) is 0 Å². The average molecular weight is 285 g/mol. The molecule has 0 aliphatic rings. The molecule has 0 saturated carbocycles. The van der Waals surface area contributed by atoms with E-state index in [1.165, 1.54) is 5.56 Å². The van der Waals surface area contributed by atoms with Crippen LogP contribution in [0.4, 0.5) is 0 Å². The maximum absolute atomic E-state index is 9.21. The van der Waals surface area contributed by atoms with Gasteiger partial charge in [0.25, 0.3) is 0 Å². The number of benzene rings is 2. The molecule has 0 aliphatic carbocycles. The van der Waals surface area contributed by atoms with E-state index in [-0.39, 0.29) is 0 Å². The van der Waals surface area contributed by atoms with Crippen LogP contribution in [0.25, 0.3) is 11.6 Å². The summed E-state index contributed by atoms with van der Waals surface area (Å²) in [4.78, 5) is 0. The predicted molar refractivity (Wildman–Crippen MR) is 93.9 cm³/mol. The van der Waals surface area contributed by atoms with Gasteiger partial charge in [0.05, 0.1) is 6.07 Å². The normalized spacial score (nSPS) is 12.9. The molecule has 0 unspecified atom stereocenters. The Morgan fingerprint density at radius 1 is 0.909 bits per heavy atom. The minimum absolute atomic E-state index is 0.711. The van der Waals surface area contributed by atoms with Crippen molar-refractivity contribution in [1.82, 2.24) is 0 Å². The summed E-state index contributed by atoms with van der Waals surface area (Å²) in [5.41, 5.74) is 5.08. The highest BCUT2D eigenvalue weighted by atomic mass is 14.2. The van der Waals surface area contributed by atoms with E-state index in [1.807, 2.05) is 67.6 Å². The third kappa shape index (κ3) is 4.33. The van der Waals surface area contributed by atoms with Crippen LogP contribution in [0.15, 0.2) is 84.0 Å². The Morgan fingerprint density at radius 3 is 2.09 bits per heavy atom. The molecule has 2 rings (SSSR count). The molecule has 1 nitrogen and oxygen atoms in total. The molecule has 0 amide bonds. The number of hydrogen-bond acceptors (Lipinski definition) is 1. The molecule has 0 bridgehead atoms. The minimum atomic E-state index is 0.711. The highest BCUT2D eigenvalue weighted by Crippen LogP contribution is 2.19. The van der Waals surface area contributed by atoms with E-state index in [0.717, 1.165) is 16.7 Å². The van der Waals surface area contributed by atoms with Gasteiger partial charge in [-0.2, -0.15) is 5.26 Å². The largest absolute Gasteiger partial charge is 0.193 e. The van der Waals surface area contributed by atoms with Gasteiger partial charge in [0.1, 0.15) is 0 Å². The summed E-state index contributed by atoms with van der Waals surface area (Å²) in [6.45, 7) is 3.91. The van der Waals surface area contributed by atoms with Gasteiger partial charge in [-0.3, -0.25) is 0 Å². The van der Waals surface area contributed by atoms with Crippen molar-refractivity contribution in [2.45, 2.75) is 13.8 Å². The maximum atomic E-state index is 9.21. The maximum Gasteiger partial charge on any atom is 0.0950 e. The molecule has 0 spiro atoms. The fourth-order valence-corrected chi connectivity index (χ4v) is 2.11. The highest BCUT2D eigenvalue weighted by Gasteiger charge is 1.99. The number of allylic oxidation sites excluding steroid dienone is 5. The molecular formula is C21H19N. The predicted octanol–water partition coefficient (Wildman–Crippen LogP) is 5.64. The van der Waals surface area contributed by atoms with Crippen molar-refractivity contribution >= 4 is 11.6 Å². The van der Waals surface area contributed by atoms with Crippen molar-refractivity contribution in [3.63, 3.8) is 0 Å². The van der Waals surface area contributed by atoms with E-state index in [1.54, 1.807) is 0 Å². The molecule has 0 aliphatic heterocycles. The van der Waals surface area contributed by atoms with Gasteiger partial charge in [-0.1, -0.05) is 78.9 Å². The molecule has 0 atom stereocenters. The summed E-state index contributed by atoms with van der Waals surface area (Å²) in [5.74, 6) is 0. The lowest BCUT2D eigenvalue weighted by Crippen LogP contribution is -1.84. The number of nitrogens with zero attached hydrogens (tertiary/aromatic N) is 1. The summed E-state index contributed by atoms with van der Waals surface area (Å²) in [6, 6.07) is 22.5. The van der Waals surface area contributed by atoms with Gasteiger partial charge in [-0.05, 0) is 36.1 Å². The molecule has 1 heteroatoms. The summed E-state index contributed by atoms with van der Waals surface area (Å²) < 4.78 is 0. The number of rotatable bonds is 4. The molecule has 0 heterocycles. The zero-order chi connectivity index (χ0) is 15.8. The molecule has 2 aromatic carbocycles. The van der Waals surface area contributed by atoms with Crippen LogP contribution in [0.5, 0.6) is 0 Å². The standard InChI is InChI=1S/C21H19N/c1-17(20-11-7-4-8-12-20)15-21(18(2)16-22)14-13-19-9-5-3-6-10-19/h3-15H,1-2H3. The van der Waals surface area contributed by atoms with Crippen LogP contribution < -0.4 is 0 Å². The van der Waals surface area contributed by atoms with Gasteiger partial charge in [-0.25, -0.2) is 0 Å². The summed E-state index contributed by atoms with van der Waals surface area (Å²) in [7, 11) is 0. The first kappa shape index (κ1) is 15.5. The van der Waals surface area contributed by atoms with Crippen molar-refractivity contribution < 1.29 is 0 Å². The molecule has 0 N–H and O–H groups in total. The van der Waals surface area contributed by atoms with E-state index in [4.69, 9.17) is 0 Å². The van der Waals surface area contributed by atoms with Crippen LogP contribution in [-0.2, 0) is 0 Å². The molecular weight excluding hydrogens is 266 g/mol. The lowest BCUT2D eigenvalue weighted by Gasteiger charge is -2.03. The van der Waals surface area contributed by atoms with Crippen LogP contribution >= 0.6 is 0 Å². The van der Waals surface area contributed by atoms with E-state index in [2.05, 4.69) is 31.2 Å². The Hall–Kier alpha value is -2.85. The first-order valence-electron chi connectivity index (χ1n) is 7.28. The molecule has 0 saturated heterocycles. The van der Waals surface area contributed by atoms with Gasteiger partial charge in [0.15, 0.2) is 0 Å². The van der Waals surface area contributed by atoms with E-state index in [9.17, 15) is 5.26 Å². The quantitative estimate of drug-likeness (QED) is 0.526. The number of hydrogen-bond donors (Lipinski definition) is 0. The second-order valence-corrected chi connectivity index (χ2v) is 5.13. The smallest absolute Gasteiger partial charge is 0.0950 e. The van der Waals surface area contributed by atoms with Crippen LogP contribution in [0.2, 0.25) is 0 Å². The summed E-state index contributed by atoms with van der Waals surface area (Å²) >= 11 is 0. The fourth-order valence-electron chi connectivity index (χ4n) is 2.11. The monoisotopic (exact) mass is 285 g/mol. The molecule has 0 aromatic heterocycles. The Morgan fingerprint density at radius 2 is 1.50 bits per heavy atom. The van der Waals surface area contributed by atoms with Gasteiger partial charge in [0, 0.05) is 5.57 Å². The Kier molecular flexibility index (Phi) is 5.51. The first-order chi connectivity index (χ1) is 10.7. The summed E-state index contributed by atoms with van der Waals surface area (Å²) in [6.07, 6.45) is 6.10. The topological polar surface area (TPSA) is 23.8 Å². The lowest BCUT2D eigenvalue weighted by molar-refractivity contribution is 1.40. The van der Waals surface area contributed by atoms with E-state index in [0.29, 0.717) is 5.57 Å². The van der Waals surface area contributed by atoms with Crippen molar-refractivity contribution in [3.05, 3.63) is 95.1 Å². The Labute approximate surface area is 132 Å². The number of nitriles is 1. The molecule has 0 radical (unpaired) electrons. The van der Waals surface area contributed by atoms with Crippen LogP contribution in [0.1, 0.15) is 25.0 Å². The third-order valence-corrected chi connectivity index (χ3v) is 3.46. The molecule has 0 fully saturated rings. The van der Waals surface area contributed by atoms with Crippen molar-refractivity contribution in [1.29, 1.82) is 5.26 Å². The zero-order valence-electron chi connectivity index (χ0n) is 13.0. The SMILES string of the molecule is CC(=CC(C=Cc1ccccc1)=C(C)C#N)c1ccccc1. The molecule has 2 aromatic rings. The Balaban J connectivity index is 2.33. The third-order valence-electron chi connectivity index (χ3n) is 3.46. The van der Waals surface area contributed by atoms with Gasteiger partial charge >= 0.3 is 0 Å². The van der Waals surface area contributed by atoms with Crippen LogP contribution in [0, 0.1) is 11.3 Å². The van der Waals surface area contributed by atoms with Crippen LogP contribution in [-0.4, -0.2) is 0 Å². The lowest BCUT2D eigenvalue weighted by atomic mass is 10.0. The zero-order valence-corrected chi connectivity index (χ0v) is 13.0. The first-order valence-corrected chi connectivity index (χ1v) is 7.28. The van der Waals surface area contributed by atoms with Crippen molar-refractivity contribution in [2.75, 3.05) is 0 Å². The summed E-state index contributed by atoms with van der Waals surface area (Å²) in [5, 5.41) is 9.21. The van der Waals surface area contributed by atoms with Crippen molar-refractivity contribution in [3.8, 4) is 6.07 Å². The minimum Gasteiger partial charge on any atom is -0.193 e. The fraction of sp³-hybridized carbons (Fsp3) is 0.0952. The van der Waals surface area contributed by atoms with Crippen LogP contribution in [0.3, 0.4) is 0 Å². The average Bonchev–Trinajstić information content (AvgIpc) is 2.59. The van der Waals surface area contributed by atoms with E-state index < -0.39 is 0 Å². The highest BCUT2D eigenvalue weighted by molar-refractivity contribution is 5.69.